The summed E-state index contributed by atoms with van der Waals surface area (Å²) in [4.78, 5) is 14.6. The zero-order chi connectivity index (χ0) is 15.7. The lowest BCUT2D eigenvalue weighted by molar-refractivity contribution is -0.122. The van der Waals surface area contributed by atoms with Crippen LogP contribution in [0.25, 0.3) is 6.08 Å². The molecule has 6 heteroatoms. The van der Waals surface area contributed by atoms with Gasteiger partial charge in [-0.1, -0.05) is 30.0 Å². The topological polar surface area (TPSA) is 38.8 Å². The number of benzene rings is 1. The molecule has 116 valence electrons. The summed E-state index contributed by atoms with van der Waals surface area (Å²) in [5.74, 6) is 0.898. The number of thiocarbonyl (C=S) groups is 1. The van der Waals surface area contributed by atoms with Crippen molar-refractivity contribution in [3.05, 3.63) is 34.2 Å². The van der Waals surface area contributed by atoms with Crippen molar-refractivity contribution in [2.24, 2.45) is 0 Å². The quantitative estimate of drug-likeness (QED) is 0.625. The SMILES string of the molecule is COCCN1C(=O)C(=Cc2ccc3c(c2)CC(C)O3)SC1=S. The lowest BCUT2D eigenvalue weighted by Gasteiger charge is -2.12. The maximum absolute atomic E-state index is 12.4. The van der Waals surface area contributed by atoms with Gasteiger partial charge in [0.15, 0.2) is 0 Å². The zero-order valence-electron chi connectivity index (χ0n) is 12.5. The van der Waals surface area contributed by atoms with E-state index in [0.717, 1.165) is 17.7 Å². The van der Waals surface area contributed by atoms with Gasteiger partial charge in [-0.15, -0.1) is 0 Å². The highest BCUT2D eigenvalue weighted by Gasteiger charge is 2.31. The first-order valence-corrected chi connectivity index (χ1v) is 8.35. The van der Waals surface area contributed by atoms with Crippen LogP contribution < -0.4 is 4.74 Å². The molecule has 0 aromatic heterocycles. The largest absolute Gasteiger partial charge is 0.490 e. The van der Waals surface area contributed by atoms with Gasteiger partial charge >= 0.3 is 0 Å². The Labute approximate surface area is 139 Å². The highest BCUT2D eigenvalue weighted by molar-refractivity contribution is 8.26. The molecule has 3 rings (SSSR count). The van der Waals surface area contributed by atoms with E-state index in [4.69, 9.17) is 21.7 Å². The molecule has 1 amide bonds. The van der Waals surface area contributed by atoms with Gasteiger partial charge in [-0.2, -0.15) is 0 Å². The molecule has 1 aromatic carbocycles. The second-order valence-corrected chi connectivity index (χ2v) is 7.00. The highest BCUT2D eigenvalue weighted by Crippen LogP contribution is 2.34. The standard InChI is InChI=1S/C16H17NO3S2/c1-10-7-12-8-11(3-4-13(12)20-10)9-14-15(18)17(5-6-19-2)16(21)22-14/h3-4,8-10H,5-7H2,1-2H3. The van der Waals surface area contributed by atoms with Crippen LogP contribution in [0.2, 0.25) is 0 Å². The average Bonchev–Trinajstić information content (AvgIpc) is 2.97. The molecule has 4 nitrogen and oxygen atoms in total. The lowest BCUT2D eigenvalue weighted by atomic mass is 10.1. The van der Waals surface area contributed by atoms with Crippen molar-refractivity contribution in [2.45, 2.75) is 19.4 Å². The molecule has 1 unspecified atom stereocenters. The van der Waals surface area contributed by atoms with Gasteiger partial charge in [-0.25, -0.2) is 0 Å². The molecule has 0 radical (unpaired) electrons. The fourth-order valence-electron chi connectivity index (χ4n) is 2.56. The third-order valence-electron chi connectivity index (χ3n) is 3.61. The summed E-state index contributed by atoms with van der Waals surface area (Å²) in [6.07, 6.45) is 3.03. The number of hydrogen-bond acceptors (Lipinski definition) is 5. The number of rotatable bonds is 4. The van der Waals surface area contributed by atoms with Gasteiger partial charge in [0, 0.05) is 13.5 Å². The Kier molecular flexibility index (Phi) is 4.52. The van der Waals surface area contributed by atoms with Gasteiger partial charge in [0.05, 0.1) is 18.1 Å². The first kappa shape index (κ1) is 15.5. The number of hydrogen-bond donors (Lipinski definition) is 0. The summed E-state index contributed by atoms with van der Waals surface area (Å²) < 4.78 is 11.3. The summed E-state index contributed by atoms with van der Waals surface area (Å²) in [6.45, 7) is 3.03. The van der Waals surface area contributed by atoms with Gasteiger partial charge in [-0.05, 0) is 36.3 Å². The van der Waals surface area contributed by atoms with E-state index in [1.54, 1.807) is 12.0 Å². The summed E-state index contributed by atoms with van der Waals surface area (Å²) in [5, 5.41) is 0. The second-order valence-electron chi connectivity index (χ2n) is 5.33. The summed E-state index contributed by atoms with van der Waals surface area (Å²) >= 11 is 6.61. The number of methoxy groups -OCH3 is 1. The van der Waals surface area contributed by atoms with Crippen LogP contribution in [-0.2, 0) is 16.0 Å². The van der Waals surface area contributed by atoms with E-state index in [1.807, 2.05) is 18.2 Å². The Morgan fingerprint density at radius 2 is 2.36 bits per heavy atom. The molecule has 0 aliphatic carbocycles. The second kappa shape index (κ2) is 6.40. The molecule has 1 saturated heterocycles. The van der Waals surface area contributed by atoms with Crippen LogP contribution in [-0.4, -0.2) is 41.5 Å². The maximum Gasteiger partial charge on any atom is 0.266 e. The van der Waals surface area contributed by atoms with Crippen LogP contribution in [0, 0.1) is 0 Å². The van der Waals surface area contributed by atoms with Crippen LogP contribution in [0.4, 0.5) is 0 Å². The molecule has 0 N–H and O–H groups in total. The van der Waals surface area contributed by atoms with Gasteiger partial charge in [-0.3, -0.25) is 9.69 Å². The zero-order valence-corrected chi connectivity index (χ0v) is 14.1. The predicted molar refractivity (Wildman–Crippen MR) is 92.0 cm³/mol. The Balaban J connectivity index is 1.80. The van der Waals surface area contributed by atoms with Crippen molar-refractivity contribution in [2.75, 3.05) is 20.3 Å². The number of ether oxygens (including phenoxy) is 2. The minimum Gasteiger partial charge on any atom is -0.490 e. The monoisotopic (exact) mass is 335 g/mol. The normalized spacial score (nSPS) is 22.4. The van der Waals surface area contributed by atoms with Crippen molar-refractivity contribution in [1.29, 1.82) is 0 Å². The van der Waals surface area contributed by atoms with Crippen molar-refractivity contribution >= 4 is 40.3 Å². The van der Waals surface area contributed by atoms with Crippen LogP contribution in [0.3, 0.4) is 0 Å². The minimum absolute atomic E-state index is 0.0443. The third kappa shape index (κ3) is 3.04. The van der Waals surface area contributed by atoms with Gasteiger partial charge in [0.1, 0.15) is 16.2 Å². The van der Waals surface area contributed by atoms with Crippen LogP contribution in [0.1, 0.15) is 18.1 Å². The minimum atomic E-state index is -0.0443. The van der Waals surface area contributed by atoms with Gasteiger partial charge < -0.3 is 9.47 Å². The molecule has 1 atom stereocenters. The summed E-state index contributed by atoms with van der Waals surface area (Å²) in [7, 11) is 1.61. The Hall–Kier alpha value is -1.37. The Morgan fingerprint density at radius 1 is 1.55 bits per heavy atom. The van der Waals surface area contributed by atoms with Crippen LogP contribution >= 0.6 is 24.0 Å². The number of fused-ring (bicyclic) bond motifs is 1. The molecular weight excluding hydrogens is 318 g/mol. The van der Waals surface area contributed by atoms with E-state index in [9.17, 15) is 4.79 Å². The first-order valence-electron chi connectivity index (χ1n) is 7.12. The number of nitrogens with zero attached hydrogens (tertiary/aromatic N) is 1. The molecule has 1 fully saturated rings. The molecule has 0 bridgehead atoms. The molecule has 2 aliphatic rings. The molecule has 0 spiro atoms. The fraction of sp³-hybridized carbons (Fsp3) is 0.375. The van der Waals surface area contributed by atoms with Gasteiger partial charge in [0.2, 0.25) is 0 Å². The number of amides is 1. The third-order valence-corrected chi connectivity index (χ3v) is 4.99. The van der Waals surface area contributed by atoms with Crippen molar-refractivity contribution in [3.8, 4) is 5.75 Å². The van der Waals surface area contributed by atoms with E-state index in [2.05, 4.69) is 13.0 Å². The number of thioether (sulfide) groups is 1. The van der Waals surface area contributed by atoms with Gasteiger partial charge in [0.25, 0.3) is 5.91 Å². The van der Waals surface area contributed by atoms with E-state index in [1.165, 1.54) is 17.3 Å². The van der Waals surface area contributed by atoms with E-state index < -0.39 is 0 Å². The molecule has 22 heavy (non-hydrogen) atoms. The molecule has 0 saturated carbocycles. The molecule has 2 heterocycles. The Bertz CT molecular complexity index is 657. The number of carbonyl (C=O) groups is 1. The van der Waals surface area contributed by atoms with E-state index >= 15 is 0 Å². The average molecular weight is 335 g/mol. The van der Waals surface area contributed by atoms with Crippen LogP contribution in [0.15, 0.2) is 23.1 Å². The van der Waals surface area contributed by atoms with Crippen molar-refractivity contribution in [1.82, 2.24) is 4.90 Å². The van der Waals surface area contributed by atoms with Crippen molar-refractivity contribution < 1.29 is 14.3 Å². The van der Waals surface area contributed by atoms with Crippen molar-refractivity contribution in [3.63, 3.8) is 0 Å². The summed E-state index contributed by atoms with van der Waals surface area (Å²) in [5.41, 5.74) is 2.19. The Morgan fingerprint density at radius 3 is 3.14 bits per heavy atom. The molecular formula is C16H17NO3S2. The maximum atomic E-state index is 12.4. The highest BCUT2D eigenvalue weighted by atomic mass is 32.2. The number of carbonyl (C=O) groups excluding carboxylic acids is 1. The molecule has 2 aliphatic heterocycles. The van der Waals surface area contributed by atoms with E-state index in [-0.39, 0.29) is 12.0 Å². The first-order chi connectivity index (χ1) is 10.6. The predicted octanol–water partition coefficient (Wildman–Crippen LogP) is 2.86. The van der Waals surface area contributed by atoms with Crippen LogP contribution in [0.5, 0.6) is 5.75 Å². The lowest BCUT2D eigenvalue weighted by Crippen LogP contribution is -2.31. The fourth-order valence-corrected chi connectivity index (χ4v) is 3.87. The molecule has 1 aromatic rings. The smallest absolute Gasteiger partial charge is 0.266 e. The van der Waals surface area contributed by atoms with E-state index in [0.29, 0.717) is 22.4 Å². The summed E-state index contributed by atoms with van der Waals surface area (Å²) in [6, 6.07) is 6.02.